The van der Waals surface area contributed by atoms with Crippen LogP contribution in [0.25, 0.3) is 0 Å². The molecule has 2 fully saturated rings. The molecular weight excluding hydrogens is 234 g/mol. The van der Waals surface area contributed by atoms with Crippen LogP contribution in [0.2, 0.25) is 0 Å². The van der Waals surface area contributed by atoms with Gasteiger partial charge in [0.25, 0.3) is 0 Å². The lowest BCUT2D eigenvalue weighted by atomic mass is 9.70. The SMILES string of the molecule is CCCCC/C=C/[C@@]12CCC[C@@H](CCN1CCO)C2. The maximum Gasteiger partial charge on any atom is 0.0558 e. The zero-order valence-electron chi connectivity index (χ0n) is 12.6. The number of fused-ring (bicyclic) bond motifs is 2. The van der Waals surface area contributed by atoms with E-state index in [4.69, 9.17) is 0 Å². The second kappa shape index (κ2) is 7.44. The summed E-state index contributed by atoms with van der Waals surface area (Å²) in [6.45, 7) is 4.60. The average molecular weight is 265 g/mol. The van der Waals surface area contributed by atoms with Crippen LogP contribution in [0.15, 0.2) is 12.2 Å². The summed E-state index contributed by atoms with van der Waals surface area (Å²) in [5.74, 6) is 0.934. The topological polar surface area (TPSA) is 23.5 Å². The Labute approximate surface area is 118 Å². The maximum absolute atomic E-state index is 9.31. The van der Waals surface area contributed by atoms with Gasteiger partial charge in [0.05, 0.1) is 6.61 Å². The molecule has 1 aliphatic carbocycles. The lowest BCUT2D eigenvalue weighted by molar-refractivity contribution is 0.00854. The summed E-state index contributed by atoms with van der Waals surface area (Å²) >= 11 is 0. The first-order valence-electron chi connectivity index (χ1n) is 8.34. The molecule has 2 bridgehead atoms. The number of hydrogen-bond acceptors (Lipinski definition) is 2. The highest BCUT2D eigenvalue weighted by atomic mass is 16.3. The van der Waals surface area contributed by atoms with Gasteiger partial charge in [-0.05, 0) is 44.6 Å². The summed E-state index contributed by atoms with van der Waals surface area (Å²) in [5, 5.41) is 9.31. The van der Waals surface area contributed by atoms with Crippen LogP contribution in [0.4, 0.5) is 0 Å². The Morgan fingerprint density at radius 1 is 1.32 bits per heavy atom. The first-order valence-corrected chi connectivity index (χ1v) is 8.34. The van der Waals surface area contributed by atoms with Crippen molar-refractivity contribution in [3.05, 3.63) is 12.2 Å². The highest BCUT2D eigenvalue weighted by molar-refractivity contribution is 5.12. The molecule has 110 valence electrons. The van der Waals surface area contributed by atoms with E-state index in [-0.39, 0.29) is 5.54 Å². The van der Waals surface area contributed by atoms with Gasteiger partial charge in [0.15, 0.2) is 0 Å². The van der Waals surface area contributed by atoms with E-state index in [1.165, 1.54) is 64.3 Å². The zero-order chi connectivity index (χ0) is 13.6. The lowest BCUT2D eigenvalue weighted by Gasteiger charge is -2.51. The molecule has 1 heterocycles. The van der Waals surface area contributed by atoms with E-state index in [2.05, 4.69) is 24.0 Å². The predicted molar refractivity (Wildman–Crippen MR) is 81.2 cm³/mol. The maximum atomic E-state index is 9.31. The molecule has 1 saturated carbocycles. The number of piperidine rings is 1. The van der Waals surface area contributed by atoms with Gasteiger partial charge in [-0.25, -0.2) is 0 Å². The normalized spacial score (nSPS) is 32.0. The minimum Gasteiger partial charge on any atom is -0.395 e. The third-order valence-electron chi connectivity index (χ3n) is 5.07. The predicted octanol–water partition coefficient (Wildman–Crippen LogP) is 3.75. The van der Waals surface area contributed by atoms with E-state index in [0.717, 1.165) is 12.5 Å². The number of nitrogens with zero attached hydrogens (tertiary/aromatic N) is 1. The standard InChI is InChI=1S/C17H31NO/c1-2-3-4-5-6-10-17-11-7-8-16(15-17)9-12-18(17)13-14-19/h6,10,16,19H,2-5,7-9,11-15H2,1H3/b10-6+/t16-,17-/m0/s1. The van der Waals surface area contributed by atoms with Gasteiger partial charge in [-0.1, -0.05) is 44.8 Å². The van der Waals surface area contributed by atoms with Crippen LogP contribution in [0, 0.1) is 5.92 Å². The first kappa shape index (κ1) is 15.1. The van der Waals surface area contributed by atoms with Crippen LogP contribution in [0.5, 0.6) is 0 Å². The van der Waals surface area contributed by atoms with Crippen molar-refractivity contribution in [2.24, 2.45) is 5.92 Å². The van der Waals surface area contributed by atoms with Crippen molar-refractivity contribution in [3.8, 4) is 0 Å². The number of allylic oxidation sites excluding steroid dienone is 1. The smallest absolute Gasteiger partial charge is 0.0558 e. The molecule has 0 spiro atoms. The molecule has 0 amide bonds. The van der Waals surface area contributed by atoms with Crippen LogP contribution in [-0.2, 0) is 0 Å². The third kappa shape index (κ3) is 3.82. The van der Waals surface area contributed by atoms with E-state index in [0.29, 0.717) is 6.61 Å². The molecule has 0 aromatic rings. The fraction of sp³-hybridized carbons (Fsp3) is 0.882. The Bertz CT molecular complexity index is 289. The molecule has 0 aromatic carbocycles. The highest BCUT2D eigenvalue weighted by Gasteiger charge is 2.42. The number of rotatable bonds is 7. The Morgan fingerprint density at radius 2 is 2.21 bits per heavy atom. The number of hydrogen-bond donors (Lipinski definition) is 1. The molecule has 2 aliphatic rings. The van der Waals surface area contributed by atoms with E-state index in [9.17, 15) is 5.11 Å². The third-order valence-corrected chi connectivity index (χ3v) is 5.07. The van der Waals surface area contributed by atoms with Crippen molar-refractivity contribution >= 4 is 0 Å². The molecule has 0 radical (unpaired) electrons. The summed E-state index contributed by atoms with van der Waals surface area (Å²) in [6.07, 6.45) is 16.9. The molecule has 1 N–H and O–H groups in total. The fourth-order valence-corrected chi connectivity index (χ4v) is 4.02. The number of likely N-dealkylation sites (tertiary alicyclic amines) is 1. The quantitative estimate of drug-likeness (QED) is 0.560. The summed E-state index contributed by atoms with van der Waals surface area (Å²) < 4.78 is 0. The van der Waals surface area contributed by atoms with Gasteiger partial charge in [0, 0.05) is 12.1 Å². The minimum absolute atomic E-state index is 0.288. The molecule has 0 unspecified atom stereocenters. The second-order valence-electron chi connectivity index (χ2n) is 6.46. The molecule has 19 heavy (non-hydrogen) atoms. The van der Waals surface area contributed by atoms with Crippen LogP contribution in [0.3, 0.4) is 0 Å². The van der Waals surface area contributed by atoms with Crippen LogP contribution in [-0.4, -0.2) is 35.2 Å². The van der Waals surface area contributed by atoms with Crippen molar-refractivity contribution in [1.29, 1.82) is 0 Å². The monoisotopic (exact) mass is 265 g/mol. The molecule has 2 heteroatoms. The van der Waals surface area contributed by atoms with Gasteiger partial charge >= 0.3 is 0 Å². The van der Waals surface area contributed by atoms with Gasteiger partial charge < -0.3 is 5.11 Å². The number of β-amino-alcohol motifs (C(OH)–C–C–N with tert-alkyl or cyclic N) is 1. The van der Waals surface area contributed by atoms with Gasteiger partial charge in [-0.3, -0.25) is 4.90 Å². The number of aliphatic hydroxyl groups is 1. The molecular formula is C17H31NO. The molecule has 2 rings (SSSR count). The van der Waals surface area contributed by atoms with Crippen molar-refractivity contribution in [2.75, 3.05) is 19.7 Å². The van der Waals surface area contributed by atoms with E-state index in [1.807, 2.05) is 0 Å². The van der Waals surface area contributed by atoms with E-state index >= 15 is 0 Å². The summed E-state index contributed by atoms with van der Waals surface area (Å²) in [7, 11) is 0. The van der Waals surface area contributed by atoms with Crippen LogP contribution in [0.1, 0.15) is 64.7 Å². The summed E-state index contributed by atoms with van der Waals surface area (Å²) in [6, 6.07) is 0. The summed E-state index contributed by atoms with van der Waals surface area (Å²) in [5.41, 5.74) is 0.288. The summed E-state index contributed by atoms with van der Waals surface area (Å²) in [4.78, 5) is 2.55. The zero-order valence-corrected chi connectivity index (χ0v) is 12.6. The van der Waals surface area contributed by atoms with Gasteiger partial charge in [-0.15, -0.1) is 0 Å². The molecule has 2 atom stereocenters. The number of aliphatic hydroxyl groups excluding tert-OH is 1. The Balaban J connectivity index is 1.97. The van der Waals surface area contributed by atoms with E-state index < -0.39 is 0 Å². The van der Waals surface area contributed by atoms with Gasteiger partial charge in [0.1, 0.15) is 0 Å². The minimum atomic E-state index is 0.288. The van der Waals surface area contributed by atoms with E-state index in [1.54, 1.807) is 0 Å². The van der Waals surface area contributed by atoms with Gasteiger partial charge in [-0.2, -0.15) is 0 Å². The van der Waals surface area contributed by atoms with Crippen LogP contribution >= 0.6 is 0 Å². The average Bonchev–Trinajstić information content (AvgIpc) is 2.42. The Morgan fingerprint density at radius 3 is 3.00 bits per heavy atom. The molecule has 2 nitrogen and oxygen atoms in total. The van der Waals surface area contributed by atoms with Crippen molar-refractivity contribution in [1.82, 2.24) is 4.90 Å². The molecule has 0 aromatic heterocycles. The largest absolute Gasteiger partial charge is 0.395 e. The van der Waals surface area contributed by atoms with Crippen molar-refractivity contribution in [2.45, 2.75) is 70.3 Å². The Hall–Kier alpha value is -0.340. The molecule has 1 aliphatic heterocycles. The van der Waals surface area contributed by atoms with Gasteiger partial charge in [0.2, 0.25) is 0 Å². The second-order valence-corrected chi connectivity index (χ2v) is 6.46. The van der Waals surface area contributed by atoms with Crippen LogP contribution < -0.4 is 0 Å². The lowest BCUT2D eigenvalue weighted by Crippen LogP contribution is -2.55. The van der Waals surface area contributed by atoms with Crippen molar-refractivity contribution in [3.63, 3.8) is 0 Å². The Kier molecular flexibility index (Phi) is 5.90. The molecule has 1 saturated heterocycles. The highest BCUT2D eigenvalue weighted by Crippen LogP contribution is 2.43. The van der Waals surface area contributed by atoms with Crippen molar-refractivity contribution < 1.29 is 5.11 Å². The fourth-order valence-electron chi connectivity index (χ4n) is 4.02. The number of unbranched alkanes of at least 4 members (excludes halogenated alkanes) is 3. The first-order chi connectivity index (χ1) is 9.30.